The molecule has 8 nitrogen and oxygen atoms in total. The van der Waals surface area contributed by atoms with Crippen LogP contribution >= 0.6 is 27.7 Å². The first kappa shape index (κ1) is 21.2. The van der Waals surface area contributed by atoms with Gasteiger partial charge < -0.3 is 15.7 Å². The van der Waals surface area contributed by atoms with E-state index in [1.165, 1.54) is 11.8 Å². The van der Waals surface area contributed by atoms with Crippen molar-refractivity contribution in [2.45, 2.75) is 18.9 Å². The number of carboxylic acids is 1. The average molecular weight is 458 g/mol. The van der Waals surface area contributed by atoms with Crippen molar-refractivity contribution in [2.75, 3.05) is 25.1 Å². The van der Waals surface area contributed by atoms with Crippen molar-refractivity contribution in [3.63, 3.8) is 0 Å². The third-order valence-electron chi connectivity index (χ3n) is 3.99. The van der Waals surface area contributed by atoms with Crippen LogP contribution in [0.5, 0.6) is 0 Å². The number of carboxylic acid groups (broad SMARTS) is 1. The number of aliphatic carboxylic acids is 1. The largest absolute Gasteiger partial charge is 0.480 e. The van der Waals surface area contributed by atoms with Crippen LogP contribution in [0.3, 0.4) is 0 Å². The highest BCUT2D eigenvalue weighted by Crippen LogP contribution is 2.25. The van der Waals surface area contributed by atoms with Crippen LogP contribution in [0.25, 0.3) is 0 Å². The highest BCUT2D eigenvalue weighted by molar-refractivity contribution is 9.10. The van der Waals surface area contributed by atoms with Gasteiger partial charge in [-0.25, -0.2) is 9.59 Å². The standard InChI is InChI=1S/C17H20BrN3O5S/c1-27-8-5-13(16(24)25)20-17(26)19-6-2-7-21-14(22)11-4-3-10(18)9-12(11)15(21)23/h3-4,9,13H,2,5-8H2,1H3,(H,24,25)(H2,19,20,26). The van der Waals surface area contributed by atoms with Crippen molar-refractivity contribution in [3.8, 4) is 0 Å². The Morgan fingerprint density at radius 2 is 1.96 bits per heavy atom. The molecule has 0 fully saturated rings. The smallest absolute Gasteiger partial charge is 0.326 e. The summed E-state index contributed by atoms with van der Waals surface area (Å²) in [6.07, 6.45) is 2.55. The lowest BCUT2D eigenvalue weighted by atomic mass is 10.1. The summed E-state index contributed by atoms with van der Waals surface area (Å²) in [4.78, 5) is 48.7. The number of carbonyl (C=O) groups is 4. The van der Waals surface area contributed by atoms with Crippen LogP contribution in [0.15, 0.2) is 22.7 Å². The number of urea groups is 1. The van der Waals surface area contributed by atoms with Crippen LogP contribution < -0.4 is 10.6 Å². The number of carbonyl (C=O) groups excluding carboxylic acids is 3. The van der Waals surface area contributed by atoms with E-state index in [4.69, 9.17) is 5.11 Å². The van der Waals surface area contributed by atoms with Gasteiger partial charge in [-0.15, -0.1) is 0 Å². The normalized spacial score (nSPS) is 14.1. The lowest BCUT2D eigenvalue weighted by molar-refractivity contribution is -0.139. The summed E-state index contributed by atoms with van der Waals surface area (Å²) in [6.45, 7) is 0.372. The molecule has 1 aromatic rings. The first-order valence-corrected chi connectivity index (χ1v) is 10.5. The van der Waals surface area contributed by atoms with Crippen LogP contribution in [0, 0.1) is 0 Å². The van der Waals surface area contributed by atoms with E-state index in [1.807, 2.05) is 6.26 Å². The number of rotatable bonds is 9. The van der Waals surface area contributed by atoms with Gasteiger partial charge in [0.25, 0.3) is 11.8 Å². The number of hydrogen-bond donors (Lipinski definition) is 3. The van der Waals surface area contributed by atoms with Gasteiger partial charge >= 0.3 is 12.0 Å². The maximum absolute atomic E-state index is 12.3. The predicted molar refractivity (Wildman–Crippen MR) is 105 cm³/mol. The minimum Gasteiger partial charge on any atom is -0.480 e. The van der Waals surface area contributed by atoms with E-state index < -0.39 is 18.0 Å². The van der Waals surface area contributed by atoms with E-state index in [0.29, 0.717) is 29.7 Å². The second-order valence-corrected chi connectivity index (χ2v) is 7.78. The highest BCUT2D eigenvalue weighted by Gasteiger charge is 2.35. The van der Waals surface area contributed by atoms with Gasteiger partial charge in [-0.2, -0.15) is 11.8 Å². The number of fused-ring (bicyclic) bond motifs is 1. The van der Waals surface area contributed by atoms with Crippen molar-refractivity contribution in [3.05, 3.63) is 33.8 Å². The number of nitrogens with one attached hydrogen (secondary N) is 2. The summed E-state index contributed by atoms with van der Waals surface area (Å²) in [5.74, 6) is -1.18. The Hall–Kier alpha value is -2.07. The van der Waals surface area contributed by atoms with Crippen LogP contribution in [0.1, 0.15) is 33.6 Å². The Kier molecular flexibility index (Phi) is 7.66. The Balaban J connectivity index is 1.78. The topological polar surface area (TPSA) is 116 Å². The molecule has 0 spiro atoms. The molecule has 0 saturated carbocycles. The van der Waals surface area contributed by atoms with Crippen molar-refractivity contribution in [1.29, 1.82) is 0 Å². The van der Waals surface area contributed by atoms with Gasteiger partial charge in [-0.05, 0) is 43.0 Å². The quantitative estimate of drug-likeness (QED) is 0.385. The zero-order valence-corrected chi connectivity index (χ0v) is 17.1. The molecule has 0 radical (unpaired) electrons. The molecule has 2 rings (SSSR count). The van der Waals surface area contributed by atoms with Crippen LogP contribution in [-0.2, 0) is 4.79 Å². The molecule has 0 bridgehead atoms. The highest BCUT2D eigenvalue weighted by atomic mass is 79.9. The van der Waals surface area contributed by atoms with E-state index >= 15 is 0 Å². The summed E-state index contributed by atoms with van der Waals surface area (Å²) in [5, 5.41) is 14.0. The molecule has 1 unspecified atom stereocenters. The Morgan fingerprint density at radius 1 is 1.26 bits per heavy atom. The van der Waals surface area contributed by atoms with Gasteiger partial charge in [0.1, 0.15) is 6.04 Å². The first-order valence-electron chi connectivity index (χ1n) is 8.27. The van der Waals surface area contributed by atoms with E-state index in [9.17, 15) is 19.2 Å². The summed E-state index contributed by atoms with van der Waals surface area (Å²) in [6, 6.07) is 3.38. The van der Waals surface area contributed by atoms with Crippen LogP contribution in [0.4, 0.5) is 4.79 Å². The summed E-state index contributed by atoms with van der Waals surface area (Å²) < 4.78 is 0.719. The molecule has 146 valence electrons. The maximum atomic E-state index is 12.3. The number of hydrogen-bond acceptors (Lipinski definition) is 5. The molecule has 3 N–H and O–H groups in total. The number of imide groups is 1. The zero-order valence-electron chi connectivity index (χ0n) is 14.7. The lowest BCUT2D eigenvalue weighted by Crippen LogP contribution is -2.46. The van der Waals surface area contributed by atoms with Gasteiger partial charge in [0, 0.05) is 17.6 Å². The predicted octanol–water partition coefficient (Wildman–Crippen LogP) is 1.94. The van der Waals surface area contributed by atoms with Crippen molar-refractivity contribution >= 4 is 51.5 Å². The fraction of sp³-hybridized carbons (Fsp3) is 0.412. The number of amides is 4. The monoisotopic (exact) mass is 457 g/mol. The molecule has 1 aromatic carbocycles. The molecule has 1 aliphatic rings. The second kappa shape index (κ2) is 9.75. The molecule has 0 aliphatic carbocycles. The fourth-order valence-corrected chi connectivity index (χ4v) is 3.44. The molecule has 0 aromatic heterocycles. The van der Waals surface area contributed by atoms with Crippen molar-refractivity contribution in [1.82, 2.24) is 15.5 Å². The Morgan fingerprint density at radius 3 is 2.63 bits per heavy atom. The van der Waals surface area contributed by atoms with Crippen molar-refractivity contribution < 1.29 is 24.3 Å². The van der Waals surface area contributed by atoms with Gasteiger partial charge in [-0.1, -0.05) is 15.9 Å². The molecule has 1 aliphatic heterocycles. The minimum absolute atomic E-state index is 0.166. The number of halogens is 1. The molecular formula is C17H20BrN3O5S. The number of benzene rings is 1. The third kappa shape index (κ3) is 5.46. The van der Waals surface area contributed by atoms with E-state index in [1.54, 1.807) is 18.2 Å². The third-order valence-corrected chi connectivity index (χ3v) is 5.13. The molecule has 1 atom stereocenters. The Labute approximate surface area is 169 Å². The van der Waals surface area contributed by atoms with Crippen LogP contribution in [0.2, 0.25) is 0 Å². The Bertz CT molecular complexity index is 758. The number of thioether (sulfide) groups is 1. The summed E-state index contributed by atoms with van der Waals surface area (Å²) in [7, 11) is 0. The molecule has 4 amide bonds. The molecule has 10 heteroatoms. The molecule has 1 heterocycles. The maximum Gasteiger partial charge on any atom is 0.326 e. The van der Waals surface area contributed by atoms with Gasteiger partial charge in [-0.3, -0.25) is 14.5 Å². The van der Waals surface area contributed by atoms with E-state index in [0.717, 1.165) is 9.37 Å². The van der Waals surface area contributed by atoms with Gasteiger partial charge in [0.2, 0.25) is 0 Å². The van der Waals surface area contributed by atoms with E-state index in [-0.39, 0.29) is 24.9 Å². The summed E-state index contributed by atoms with van der Waals surface area (Å²) in [5.41, 5.74) is 0.727. The molecule has 27 heavy (non-hydrogen) atoms. The molecular weight excluding hydrogens is 438 g/mol. The lowest BCUT2D eigenvalue weighted by Gasteiger charge is -2.16. The second-order valence-electron chi connectivity index (χ2n) is 5.88. The molecule has 0 saturated heterocycles. The fourth-order valence-electron chi connectivity index (χ4n) is 2.61. The van der Waals surface area contributed by atoms with E-state index in [2.05, 4.69) is 26.6 Å². The number of nitrogens with zero attached hydrogens (tertiary/aromatic N) is 1. The average Bonchev–Trinajstić information content (AvgIpc) is 2.85. The first-order chi connectivity index (χ1) is 12.8. The van der Waals surface area contributed by atoms with Gasteiger partial charge in [0.05, 0.1) is 11.1 Å². The summed E-state index contributed by atoms with van der Waals surface area (Å²) >= 11 is 4.78. The SMILES string of the molecule is CSCCC(NC(=O)NCCCN1C(=O)c2ccc(Br)cc2C1=O)C(=O)O. The van der Waals surface area contributed by atoms with Crippen molar-refractivity contribution in [2.24, 2.45) is 0 Å². The van der Waals surface area contributed by atoms with Gasteiger partial charge in [0.15, 0.2) is 0 Å². The minimum atomic E-state index is -1.09. The van der Waals surface area contributed by atoms with Crippen LogP contribution in [-0.4, -0.2) is 65.0 Å². The zero-order chi connectivity index (χ0) is 20.0.